The van der Waals surface area contributed by atoms with E-state index in [2.05, 4.69) is 10.6 Å². The van der Waals surface area contributed by atoms with Gasteiger partial charge < -0.3 is 10.2 Å². The monoisotopic (exact) mass is 473 g/mol. The number of halogens is 1. The third kappa shape index (κ3) is 4.51. The topological polar surface area (TPSA) is 95.6 Å². The highest BCUT2D eigenvalue weighted by Crippen LogP contribution is 2.31. The van der Waals surface area contributed by atoms with Gasteiger partial charge in [-0.25, -0.2) is 4.39 Å². The highest BCUT2D eigenvalue weighted by Gasteiger charge is 2.40. The molecule has 2 aliphatic heterocycles. The van der Waals surface area contributed by atoms with Gasteiger partial charge in [0, 0.05) is 31.5 Å². The van der Waals surface area contributed by atoms with Crippen molar-refractivity contribution >= 4 is 34.4 Å². The zero-order valence-electron chi connectivity index (χ0n) is 19.0. The maximum Gasteiger partial charge on any atom is 0.255 e. The molecular weight excluding hydrogens is 449 g/mol. The number of aryl methyl sites for hydroxylation is 1. The first-order chi connectivity index (χ1) is 16.9. The number of carbonyl (C=O) groups is 4. The lowest BCUT2D eigenvalue weighted by Gasteiger charge is -2.29. The Bertz CT molecular complexity index is 1360. The Morgan fingerprint density at radius 1 is 1.06 bits per heavy atom. The van der Waals surface area contributed by atoms with Crippen LogP contribution >= 0.6 is 0 Å². The average molecular weight is 474 g/mol. The molecule has 5 rings (SSSR count). The lowest BCUT2D eigenvalue weighted by molar-refractivity contribution is -0.137. The van der Waals surface area contributed by atoms with E-state index in [1.165, 1.54) is 11.0 Å². The van der Waals surface area contributed by atoms with Gasteiger partial charge in [-0.2, -0.15) is 0 Å². The molecule has 35 heavy (non-hydrogen) atoms. The van der Waals surface area contributed by atoms with Gasteiger partial charge in [0.05, 0.1) is 0 Å². The molecule has 7 nitrogen and oxygen atoms in total. The number of imide groups is 1. The quantitative estimate of drug-likeness (QED) is 0.538. The smallest absolute Gasteiger partial charge is 0.255 e. The number of piperidine rings is 1. The van der Waals surface area contributed by atoms with Gasteiger partial charge in [0.1, 0.15) is 11.9 Å². The Morgan fingerprint density at radius 2 is 1.86 bits per heavy atom. The molecular formula is C27H24FN3O4. The average Bonchev–Trinajstić information content (AvgIpc) is 3.17. The van der Waals surface area contributed by atoms with Crippen LogP contribution in [-0.2, 0) is 33.9 Å². The predicted molar refractivity (Wildman–Crippen MR) is 127 cm³/mol. The molecule has 1 saturated heterocycles. The first-order valence-corrected chi connectivity index (χ1v) is 11.6. The molecule has 1 atom stereocenters. The Morgan fingerprint density at radius 3 is 2.69 bits per heavy atom. The molecule has 0 saturated carbocycles. The molecule has 0 radical (unpaired) electrons. The summed E-state index contributed by atoms with van der Waals surface area (Å²) < 4.78 is 14.3. The molecule has 2 N–H and O–H groups in total. The lowest BCUT2D eigenvalue weighted by Crippen LogP contribution is -2.52. The summed E-state index contributed by atoms with van der Waals surface area (Å²) in [5, 5.41) is 7.32. The van der Waals surface area contributed by atoms with E-state index in [1.54, 1.807) is 0 Å². The van der Waals surface area contributed by atoms with E-state index in [-0.39, 0.29) is 49.7 Å². The van der Waals surface area contributed by atoms with Crippen molar-refractivity contribution < 1.29 is 23.6 Å². The molecule has 4 amide bonds. The summed E-state index contributed by atoms with van der Waals surface area (Å²) in [5.74, 6) is -2.10. The third-order valence-electron chi connectivity index (χ3n) is 6.69. The van der Waals surface area contributed by atoms with Crippen molar-refractivity contribution in [2.75, 3.05) is 0 Å². The van der Waals surface area contributed by atoms with Gasteiger partial charge in [-0.15, -0.1) is 0 Å². The standard InChI is InChI=1S/C27H24FN3O4/c28-19-12-18(14-29-24(32)10-8-17-6-3-5-16-4-1-2-7-20(16)17)22-15-31(27(35)21(22)13-19)23-9-11-25(33)30-26(23)34/h1-7,12-13,23H,8-11,14-15H2,(H,29,32)(H,30,33,34). The number of hydrogen-bond donors (Lipinski definition) is 2. The van der Waals surface area contributed by atoms with E-state index in [4.69, 9.17) is 0 Å². The number of nitrogens with one attached hydrogen (secondary N) is 2. The van der Waals surface area contributed by atoms with E-state index in [0.29, 0.717) is 17.5 Å². The van der Waals surface area contributed by atoms with Crippen LogP contribution in [0, 0.1) is 5.82 Å². The van der Waals surface area contributed by atoms with Crippen LogP contribution in [0.5, 0.6) is 0 Å². The Balaban J connectivity index is 1.26. The summed E-state index contributed by atoms with van der Waals surface area (Å²) in [6, 6.07) is 15.7. The highest BCUT2D eigenvalue weighted by molar-refractivity contribution is 6.05. The molecule has 8 heteroatoms. The minimum atomic E-state index is -0.779. The van der Waals surface area contributed by atoms with Gasteiger partial charge in [0.15, 0.2) is 0 Å². The number of carbonyl (C=O) groups excluding carboxylic acids is 4. The molecule has 0 aromatic heterocycles. The summed E-state index contributed by atoms with van der Waals surface area (Å²) in [6.45, 7) is 0.201. The molecule has 2 aliphatic rings. The second-order valence-corrected chi connectivity index (χ2v) is 8.91. The summed E-state index contributed by atoms with van der Waals surface area (Å²) in [4.78, 5) is 50.6. The minimum Gasteiger partial charge on any atom is -0.352 e. The van der Waals surface area contributed by atoms with Gasteiger partial charge in [0.2, 0.25) is 17.7 Å². The van der Waals surface area contributed by atoms with Crippen LogP contribution in [0.15, 0.2) is 54.6 Å². The van der Waals surface area contributed by atoms with Crippen LogP contribution in [-0.4, -0.2) is 34.6 Å². The van der Waals surface area contributed by atoms with Gasteiger partial charge in [-0.1, -0.05) is 42.5 Å². The highest BCUT2D eigenvalue weighted by atomic mass is 19.1. The van der Waals surface area contributed by atoms with E-state index in [1.807, 2.05) is 42.5 Å². The summed E-state index contributed by atoms with van der Waals surface area (Å²) in [5.41, 5.74) is 2.36. The van der Waals surface area contributed by atoms with Crippen molar-refractivity contribution in [1.82, 2.24) is 15.5 Å². The van der Waals surface area contributed by atoms with Crippen LogP contribution in [0.1, 0.15) is 46.3 Å². The molecule has 2 heterocycles. The van der Waals surface area contributed by atoms with Crippen molar-refractivity contribution in [3.05, 3.63) is 82.7 Å². The first-order valence-electron chi connectivity index (χ1n) is 11.6. The second-order valence-electron chi connectivity index (χ2n) is 8.91. The van der Waals surface area contributed by atoms with Crippen LogP contribution in [0.2, 0.25) is 0 Å². The fraction of sp³-hybridized carbons (Fsp3) is 0.259. The van der Waals surface area contributed by atoms with Crippen molar-refractivity contribution in [3.63, 3.8) is 0 Å². The third-order valence-corrected chi connectivity index (χ3v) is 6.69. The SMILES string of the molecule is O=C(CCc1cccc2ccccc12)NCc1cc(F)cc2c1CN(C1CCC(=O)NC1=O)C2=O. The van der Waals surface area contributed by atoms with Gasteiger partial charge in [-0.05, 0) is 52.4 Å². The number of hydrogen-bond acceptors (Lipinski definition) is 4. The van der Waals surface area contributed by atoms with Gasteiger partial charge in [-0.3, -0.25) is 24.5 Å². The minimum absolute atomic E-state index is 0.0743. The van der Waals surface area contributed by atoms with Gasteiger partial charge in [0.25, 0.3) is 5.91 Å². The zero-order chi connectivity index (χ0) is 24.5. The predicted octanol–water partition coefficient (Wildman–Crippen LogP) is 2.99. The summed E-state index contributed by atoms with van der Waals surface area (Å²) in [6.07, 6.45) is 1.21. The van der Waals surface area contributed by atoms with Crippen LogP contribution in [0.3, 0.4) is 0 Å². The number of benzene rings is 3. The fourth-order valence-corrected chi connectivity index (χ4v) is 4.90. The van der Waals surface area contributed by atoms with E-state index in [9.17, 15) is 23.6 Å². The second kappa shape index (κ2) is 9.29. The molecule has 0 aliphatic carbocycles. The molecule has 178 valence electrons. The zero-order valence-corrected chi connectivity index (χ0v) is 19.0. The van der Waals surface area contributed by atoms with Crippen molar-refractivity contribution in [2.24, 2.45) is 0 Å². The molecule has 3 aromatic rings. The van der Waals surface area contributed by atoms with Crippen LogP contribution in [0.4, 0.5) is 4.39 Å². The van der Waals surface area contributed by atoms with Crippen LogP contribution in [0.25, 0.3) is 10.8 Å². The maximum absolute atomic E-state index is 14.3. The Hall–Kier alpha value is -4.07. The maximum atomic E-state index is 14.3. The van der Waals surface area contributed by atoms with Crippen molar-refractivity contribution in [1.29, 1.82) is 0 Å². The summed E-state index contributed by atoms with van der Waals surface area (Å²) >= 11 is 0. The summed E-state index contributed by atoms with van der Waals surface area (Å²) in [7, 11) is 0. The molecule has 0 bridgehead atoms. The van der Waals surface area contributed by atoms with E-state index < -0.39 is 23.7 Å². The lowest BCUT2D eigenvalue weighted by atomic mass is 10.0. The fourth-order valence-electron chi connectivity index (χ4n) is 4.90. The number of amides is 4. The molecule has 3 aromatic carbocycles. The van der Waals surface area contributed by atoms with E-state index >= 15 is 0 Å². The van der Waals surface area contributed by atoms with Gasteiger partial charge >= 0.3 is 0 Å². The number of nitrogens with zero attached hydrogens (tertiary/aromatic N) is 1. The Kier molecular flexibility index (Phi) is 6.03. The first kappa shape index (κ1) is 22.7. The molecule has 0 spiro atoms. The number of fused-ring (bicyclic) bond motifs is 2. The van der Waals surface area contributed by atoms with Crippen molar-refractivity contribution in [3.8, 4) is 0 Å². The van der Waals surface area contributed by atoms with E-state index in [0.717, 1.165) is 22.4 Å². The largest absolute Gasteiger partial charge is 0.352 e. The van der Waals surface area contributed by atoms with Crippen molar-refractivity contribution in [2.45, 2.75) is 44.8 Å². The normalized spacial score (nSPS) is 17.5. The Labute approximate surface area is 201 Å². The molecule has 1 fully saturated rings. The number of rotatable bonds is 6. The molecule has 1 unspecified atom stereocenters. The van der Waals surface area contributed by atoms with Crippen LogP contribution < -0.4 is 10.6 Å².